The Hall–Kier alpha value is -2.83. The summed E-state index contributed by atoms with van der Waals surface area (Å²) in [6, 6.07) is 7.43. The van der Waals surface area contributed by atoms with Crippen LogP contribution in [0.4, 0.5) is 9.18 Å². The molecule has 1 atom stereocenters. The third kappa shape index (κ3) is 3.89. The lowest BCUT2D eigenvalue weighted by molar-refractivity contribution is -0.139. The van der Waals surface area contributed by atoms with Gasteiger partial charge in [-0.05, 0) is 42.6 Å². The maximum Gasteiger partial charge on any atom is 0.325 e. The molecule has 2 saturated heterocycles. The van der Waals surface area contributed by atoms with Crippen molar-refractivity contribution in [3.05, 3.63) is 52.5 Å². The standard InChI is InChI=1S/C20H21FN4O5S2/c1-20(16-3-2-12-31-16)18(27)25(19(28)22-20)13-17(26)23-8-10-24(11-9-23)32(29,30)15-6-4-14(21)5-7-15/h2-7,12H,8-11,13H2,1H3,(H,22,28). The monoisotopic (exact) mass is 480 g/mol. The van der Waals surface area contributed by atoms with Gasteiger partial charge in [0.2, 0.25) is 15.9 Å². The summed E-state index contributed by atoms with van der Waals surface area (Å²) >= 11 is 1.33. The number of imide groups is 1. The lowest BCUT2D eigenvalue weighted by Crippen LogP contribution is -2.53. The van der Waals surface area contributed by atoms with Crippen LogP contribution in [0.3, 0.4) is 0 Å². The van der Waals surface area contributed by atoms with E-state index in [2.05, 4.69) is 5.32 Å². The van der Waals surface area contributed by atoms with Crippen LogP contribution in [-0.2, 0) is 25.2 Å². The molecule has 12 heteroatoms. The molecule has 2 aliphatic rings. The summed E-state index contributed by atoms with van der Waals surface area (Å²) in [6.07, 6.45) is 0. The highest BCUT2D eigenvalue weighted by Crippen LogP contribution is 2.31. The minimum Gasteiger partial charge on any atom is -0.338 e. The first-order chi connectivity index (χ1) is 15.1. The number of nitrogens with one attached hydrogen (secondary N) is 1. The molecule has 1 unspecified atom stereocenters. The first-order valence-corrected chi connectivity index (χ1v) is 12.2. The van der Waals surface area contributed by atoms with E-state index in [1.54, 1.807) is 24.4 Å². The molecule has 3 heterocycles. The highest BCUT2D eigenvalue weighted by Gasteiger charge is 2.50. The van der Waals surface area contributed by atoms with Crippen molar-refractivity contribution in [2.75, 3.05) is 32.7 Å². The van der Waals surface area contributed by atoms with Crippen LogP contribution in [-0.4, -0.2) is 73.1 Å². The molecule has 2 aromatic rings. The quantitative estimate of drug-likeness (QED) is 0.647. The minimum atomic E-state index is -3.81. The number of carbonyl (C=O) groups is 3. The van der Waals surface area contributed by atoms with E-state index in [9.17, 15) is 27.2 Å². The number of rotatable bonds is 5. The van der Waals surface area contributed by atoms with Gasteiger partial charge in [0.15, 0.2) is 5.54 Å². The molecule has 9 nitrogen and oxygen atoms in total. The summed E-state index contributed by atoms with van der Waals surface area (Å²) in [5.41, 5.74) is -1.21. The Kier molecular flexibility index (Phi) is 5.77. The Morgan fingerprint density at radius 2 is 1.78 bits per heavy atom. The normalized spacial score (nSPS) is 22.3. The summed E-state index contributed by atoms with van der Waals surface area (Å²) in [6.45, 7) is 1.52. The Morgan fingerprint density at radius 3 is 2.38 bits per heavy atom. The first kappa shape index (κ1) is 22.4. The van der Waals surface area contributed by atoms with Crippen LogP contribution in [0.5, 0.6) is 0 Å². The van der Waals surface area contributed by atoms with E-state index in [4.69, 9.17) is 0 Å². The Labute approximate surface area is 188 Å². The number of piperazine rings is 1. The van der Waals surface area contributed by atoms with Gasteiger partial charge in [-0.15, -0.1) is 11.3 Å². The van der Waals surface area contributed by atoms with Crippen molar-refractivity contribution in [3.8, 4) is 0 Å². The average molecular weight is 481 g/mol. The number of hydrogen-bond donors (Lipinski definition) is 1. The number of halogens is 1. The van der Waals surface area contributed by atoms with Crippen molar-refractivity contribution in [3.63, 3.8) is 0 Å². The number of urea groups is 1. The van der Waals surface area contributed by atoms with Crippen LogP contribution in [0.2, 0.25) is 0 Å². The number of sulfonamides is 1. The van der Waals surface area contributed by atoms with Gasteiger partial charge in [0.05, 0.1) is 4.90 Å². The Balaban J connectivity index is 1.38. The Morgan fingerprint density at radius 1 is 1.12 bits per heavy atom. The second-order valence-corrected chi connectivity index (χ2v) is 10.5. The fourth-order valence-corrected chi connectivity index (χ4v) is 6.00. The van der Waals surface area contributed by atoms with Crippen molar-refractivity contribution in [2.24, 2.45) is 0 Å². The van der Waals surface area contributed by atoms with Gasteiger partial charge >= 0.3 is 6.03 Å². The summed E-state index contributed by atoms with van der Waals surface area (Å²) in [7, 11) is -3.81. The van der Waals surface area contributed by atoms with Crippen LogP contribution in [0, 0.1) is 5.82 Å². The van der Waals surface area contributed by atoms with Crippen LogP contribution in [0.25, 0.3) is 0 Å². The molecule has 4 rings (SSSR count). The molecule has 0 aliphatic carbocycles. The van der Waals surface area contributed by atoms with Gasteiger partial charge in [-0.2, -0.15) is 4.31 Å². The van der Waals surface area contributed by atoms with Gasteiger partial charge in [-0.1, -0.05) is 6.07 Å². The third-order valence-electron chi connectivity index (χ3n) is 5.63. The summed E-state index contributed by atoms with van der Waals surface area (Å²) in [4.78, 5) is 41.0. The second-order valence-electron chi connectivity index (χ2n) is 7.66. The van der Waals surface area contributed by atoms with Crippen molar-refractivity contribution >= 4 is 39.2 Å². The molecule has 0 spiro atoms. The summed E-state index contributed by atoms with van der Waals surface area (Å²) in [5.74, 6) is -1.48. The molecule has 2 fully saturated rings. The van der Waals surface area contributed by atoms with Crippen molar-refractivity contribution in [1.82, 2.24) is 19.4 Å². The van der Waals surface area contributed by atoms with Gasteiger partial charge in [0.1, 0.15) is 12.4 Å². The van der Waals surface area contributed by atoms with Crippen LogP contribution < -0.4 is 5.32 Å². The zero-order chi connectivity index (χ0) is 23.1. The van der Waals surface area contributed by atoms with E-state index < -0.39 is 45.8 Å². The van der Waals surface area contributed by atoms with Crippen LogP contribution in [0.15, 0.2) is 46.7 Å². The van der Waals surface area contributed by atoms with Gasteiger partial charge in [-0.25, -0.2) is 17.6 Å². The van der Waals surface area contributed by atoms with Gasteiger partial charge in [-0.3, -0.25) is 14.5 Å². The molecule has 170 valence electrons. The fraction of sp³-hybridized carbons (Fsp3) is 0.350. The zero-order valence-electron chi connectivity index (χ0n) is 17.2. The Bertz CT molecular complexity index is 1150. The molecule has 0 saturated carbocycles. The number of amides is 4. The SMILES string of the molecule is CC1(c2cccs2)NC(=O)N(CC(=O)N2CCN(S(=O)(=O)c3ccc(F)cc3)CC2)C1=O. The molecular formula is C20H21FN4O5S2. The van der Waals surface area contributed by atoms with Crippen LogP contribution >= 0.6 is 11.3 Å². The number of nitrogens with zero attached hydrogens (tertiary/aromatic N) is 3. The van der Waals surface area contributed by atoms with E-state index in [0.29, 0.717) is 4.88 Å². The van der Waals surface area contributed by atoms with E-state index in [1.807, 2.05) is 0 Å². The lowest BCUT2D eigenvalue weighted by Gasteiger charge is -2.34. The maximum absolute atomic E-state index is 13.1. The lowest BCUT2D eigenvalue weighted by atomic mass is 10.0. The fourth-order valence-electron chi connectivity index (χ4n) is 3.74. The van der Waals surface area contributed by atoms with E-state index in [0.717, 1.165) is 17.0 Å². The maximum atomic E-state index is 13.1. The third-order valence-corrected chi connectivity index (χ3v) is 8.63. The first-order valence-electron chi connectivity index (χ1n) is 9.84. The topological polar surface area (TPSA) is 107 Å². The molecule has 0 radical (unpaired) electrons. The predicted molar refractivity (Wildman–Crippen MR) is 114 cm³/mol. The molecule has 1 aromatic carbocycles. The number of hydrogen-bond acceptors (Lipinski definition) is 6. The number of carbonyl (C=O) groups excluding carboxylic acids is 3. The molecule has 0 bridgehead atoms. The largest absolute Gasteiger partial charge is 0.338 e. The highest BCUT2D eigenvalue weighted by molar-refractivity contribution is 7.89. The number of benzene rings is 1. The van der Waals surface area contributed by atoms with Crippen molar-refractivity contribution < 1.29 is 27.2 Å². The molecule has 1 N–H and O–H groups in total. The summed E-state index contributed by atoms with van der Waals surface area (Å²) in [5, 5.41) is 4.45. The highest BCUT2D eigenvalue weighted by atomic mass is 32.2. The van der Waals surface area contributed by atoms with E-state index in [-0.39, 0.29) is 31.1 Å². The molecule has 4 amide bonds. The summed E-state index contributed by atoms with van der Waals surface area (Å²) < 4.78 is 39.8. The molecule has 32 heavy (non-hydrogen) atoms. The van der Waals surface area contributed by atoms with Gasteiger partial charge in [0.25, 0.3) is 5.91 Å². The predicted octanol–water partition coefficient (Wildman–Crippen LogP) is 1.19. The minimum absolute atomic E-state index is 0.0223. The second kappa shape index (κ2) is 8.26. The van der Waals surface area contributed by atoms with Crippen molar-refractivity contribution in [2.45, 2.75) is 17.4 Å². The van der Waals surface area contributed by atoms with Gasteiger partial charge < -0.3 is 10.2 Å². The van der Waals surface area contributed by atoms with Crippen molar-refractivity contribution in [1.29, 1.82) is 0 Å². The molecule has 2 aliphatic heterocycles. The van der Waals surface area contributed by atoms with Crippen LogP contribution in [0.1, 0.15) is 11.8 Å². The van der Waals surface area contributed by atoms with Gasteiger partial charge in [0, 0.05) is 31.1 Å². The molecular weight excluding hydrogens is 459 g/mol. The molecule has 1 aromatic heterocycles. The number of thiophene rings is 1. The average Bonchev–Trinajstić information content (AvgIpc) is 3.39. The van der Waals surface area contributed by atoms with E-state index in [1.165, 1.54) is 32.7 Å². The smallest absolute Gasteiger partial charge is 0.325 e. The van der Waals surface area contributed by atoms with E-state index >= 15 is 0 Å². The zero-order valence-corrected chi connectivity index (χ0v) is 18.8.